The van der Waals surface area contributed by atoms with Gasteiger partial charge in [0.25, 0.3) is 0 Å². The van der Waals surface area contributed by atoms with Crippen LogP contribution < -0.4 is 19.7 Å². The van der Waals surface area contributed by atoms with Crippen LogP contribution in [0.2, 0.25) is 0 Å². The number of nitrogens with zero attached hydrogens (tertiary/aromatic N) is 6. The molecule has 4 fully saturated rings. The van der Waals surface area contributed by atoms with Crippen LogP contribution in [-0.4, -0.2) is 108 Å². The quantitative estimate of drug-likeness (QED) is 0.274. The maximum Gasteiger partial charge on any atom is 0.319 e. The minimum Gasteiger partial charge on any atom is -0.508 e. The van der Waals surface area contributed by atoms with Crippen molar-refractivity contribution in [1.82, 2.24) is 30.1 Å². The van der Waals surface area contributed by atoms with E-state index in [9.17, 15) is 5.11 Å². The number of aromatic nitrogens is 3. The number of ether oxygens (including phenoxy) is 2. The van der Waals surface area contributed by atoms with E-state index in [-0.39, 0.29) is 46.3 Å². The second kappa shape index (κ2) is 11.7. The number of hydrogen-bond acceptors (Lipinski definition) is 10. The molecular weight excluding hydrogens is 621 g/mol. The van der Waals surface area contributed by atoms with Gasteiger partial charge < -0.3 is 34.6 Å². The summed E-state index contributed by atoms with van der Waals surface area (Å²) in [5.74, 6) is 2.95. The molecule has 49 heavy (non-hydrogen) atoms. The highest BCUT2D eigenvalue weighted by Crippen LogP contribution is 2.48. The van der Waals surface area contributed by atoms with Crippen molar-refractivity contribution >= 4 is 27.5 Å². The summed E-state index contributed by atoms with van der Waals surface area (Å²) in [7, 11) is 4.33. The topological polar surface area (TPSA) is 99.1 Å². The van der Waals surface area contributed by atoms with Crippen molar-refractivity contribution in [3.05, 3.63) is 41.7 Å². The van der Waals surface area contributed by atoms with Gasteiger partial charge in [-0.2, -0.15) is 9.97 Å². The van der Waals surface area contributed by atoms with Gasteiger partial charge in [0.2, 0.25) is 5.88 Å². The number of likely N-dealkylation sites (N-methyl/N-ethyl adjacent to an activating group) is 1. The van der Waals surface area contributed by atoms with Crippen LogP contribution in [0.15, 0.2) is 30.3 Å². The number of aromatic hydroxyl groups is 1. The van der Waals surface area contributed by atoms with Crippen molar-refractivity contribution < 1.29 is 19.0 Å². The lowest BCUT2D eigenvalue weighted by atomic mass is 9.96. The Balaban J connectivity index is 1.14. The summed E-state index contributed by atoms with van der Waals surface area (Å²) in [6.07, 6.45) is 12.6. The Morgan fingerprint density at radius 2 is 2.02 bits per heavy atom. The first-order valence-electron chi connectivity index (χ1n) is 17.6. The molecule has 2 N–H and O–H groups in total. The molecule has 4 aromatic rings. The van der Waals surface area contributed by atoms with Crippen LogP contribution in [-0.2, 0) is 0 Å². The molecule has 4 atom stereocenters. The number of rotatable bonds is 7. The average molecular weight is 664 g/mol. The molecule has 2 aromatic heterocycles. The second-order valence-corrected chi connectivity index (χ2v) is 15.0. The number of hydrogen-bond donors (Lipinski definition) is 2. The maximum absolute atomic E-state index is 17.1. The summed E-state index contributed by atoms with van der Waals surface area (Å²) < 4.78 is 30.1. The summed E-state index contributed by atoms with van der Waals surface area (Å²) in [5.41, 5.74) is 1.10. The largest absolute Gasteiger partial charge is 0.508 e. The van der Waals surface area contributed by atoms with Gasteiger partial charge in [0.15, 0.2) is 5.82 Å². The molecule has 2 aromatic carbocycles. The molecule has 1 aliphatic carbocycles. The van der Waals surface area contributed by atoms with E-state index in [2.05, 4.69) is 40.0 Å². The third-order valence-corrected chi connectivity index (χ3v) is 11.5. The van der Waals surface area contributed by atoms with E-state index in [1.54, 1.807) is 12.1 Å². The van der Waals surface area contributed by atoms with Gasteiger partial charge in [-0.1, -0.05) is 18.1 Å². The first kappa shape index (κ1) is 30.8. The Morgan fingerprint density at radius 3 is 2.84 bits per heavy atom. The van der Waals surface area contributed by atoms with E-state index in [1.807, 2.05) is 12.1 Å². The number of halogens is 1. The van der Waals surface area contributed by atoms with Crippen LogP contribution in [0.25, 0.3) is 32.9 Å². The smallest absolute Gasteiger partial charge is 0.319 e. The van der Waals surface area contributed by atoms with Crippen LogP contribution in [0.1, 0.15) is 44.1 Å². The number of piperazine rings is 1. The number of piperidine rings is 1. The molecule has 1 saturated carbocycles. The molecule has 6 heterocycles. The number of fused-ring (bicyclic) bond motifs is 6. The molecule has 2 bridgehead atoms. The number of benzene rings is 2. The van der Waals surface area contributed by atoms with Crippen molar-refractivity contribution in [3.63, 3.8) is 0 Å². The van der Waals surface area contributed by atoms with E-state index < -0.39 is 5.82 Å². The second-order valence-electron chi connectivity index (χ2n) is 15.0. The van der Waals surface area contributed by atoms with Gasteiger partial charge in [0.1, 0.15) is 34.8 Å². The van der Waals surface area contributed by atoms with Crippen LogP contribution in [0.3, 0.4) is 0 Å². The van der Waals surface area contributed by atoms with Crippen molar-refractivity contribution in [2.45, 2.75) is 62.7 Å². The van der Waals surface area contributed by atoms with Crippen LogP contribution >= 0.6 is 0 Å². The van der Waals surface area contributed by atoms with E-state index in [4.69, 9.17) is 30.8 Å². The minimum absolute atomic E-state index is 0.00132. The van der Waals surface area contributed by atoms with Crippen molar-refractivity contribution in [3.8, 4) is 41.2 Å². The zero-order valence-corrected chi connectivity index (χ0v) is 28.1. The first-order chi connectivity index (χ1) is 23.8. The van der Waals surface area contributed by atoms with Gasteiger partial charge in [0, 0.05) is 59.7 Å². The monoisotopic (exact) mass is 663 g/mol. The van der Waals surface area contributed by atoms with E-state index >= 15 is 4.39 Å². The third kappa shape index (κ3) is 5.32. The molecule has 0 spiro atoms. The zero-order valence-electron chi connectivity index (χ0n) is 28.1. The third-order valence-electron chi connectivity index (χ3n) is 11.5. The standard InChI is InChI=1S/C38H42FN7O3/c1-4-22-7-5-8-23-15-26(47)16-27(30(22)23)33-32(39)34-31-35(46-17-24-10-11-28(40-24)29(46)19-48-36(31)41-33)43-37(42-34)49-21-38(12-13-38)20-45-14-6-9-25(18-45)44(2)3/h1,5,7-8,15-16,24-25,28-29,40,47H,6,9-14,17-21H2,2-3H3/t24-,25-,28+,29-/m1/s1. The van der Waals surface area contributed by atoms with Crippen LogP contribution in [0, 0.1) is 23.6 Å². The zero-order chi connectivity index (χ0) is 33.4. The van der Waals surface area contributed by atoms with Gasteiger partial charge in [-0.15, -0.1) is 6.42 Å². The minimum atomic E-state index is -0.629. The van der Waals surface area contributed by atoms with Crippen molar-refractivity contribution in [2.24, 2.45) is 5.41 Å². The van der Waals surface area contributed by atoms with Gasteiger partial charge in [-0.3, -0.25) is 0 Å². The van der Waals surface area contributed by atoms with Crippen molar-refractivity contribution in [2.75, 3.05) is 58.4 Å². The Hall–Kier alpha value is -4.24. The fraction of sp³-hybridized carbons (Fsp3) is 0.500. The number of likely N-dealkylation sites (tertiary alicyclic amines) is 1. The fourth-order valence-corrected chi connectivity index (χ4v) is 8.69. The Kier molecular flexibility index (Phi) is 7.34. The molecule has 4 aliphatic heterocycles. The van der Waals surface area contributed by atoms with Gasteiger partial charge in [0.05, 0.1) is 12.6 Å². The molecule has 254 valence electrons. The number of phenolic OH excluding ortho intramolecular Hbond substituents is 1. The SMILES string of the molecule is C#Cc1cccc2cc(O)cc(-c3nc4c5c(nc(OCC6(CN7CCC[C@@H](N(C)C)C7)CC6)nc5c3F)N3C[C@H]5CC[C@H](N5)[C@H]3CO4)c12. The van der Waals surface area contributed by atoms with E-state index in [0.29, 0.717) is 58.4 Å². The highest BCUT2D eigenvalue weighted by molar-refractivity contribution is 6.04. The highest BCUT2D eigenvalue weighted by Gasteiger charge is 2.47. The summed E-state index contributed by atoms with van der Waals surface area (Å²) in [5, 5.41) is 16.2. The van der Waals surface area contributed by atoms with Gasteiger partial charge >= 0.3 is 6.01 Å². The summed E-state index contributed by atoms with van der Waals surface area (Å²) >= 11 is 0. The maximum atomic E-state index is 17.1. The Morgan fingerprint density at radius 1 is 1.14 bits per heavy atom. The molecule has 9 rings (SSSR count). The number of pyridine rings is 1. The Labute approximate surface area is 285 Å². The predicted molar refractivity (Wildman–Crippen MR) is 187 cm³/mol. The number of anilines is 1. The molecule has 11 heteroatoms. The van der Waals surface area contributed by atoms with E-state index in [0.717, 1.165) is 51.9 Å². The van der Waals surface area contributed by atoms with E-state index in [1.165, 1.54) is 18.9 Å². The molecule has 3 saturated heterocycles. The lowest BCUT2D eigenvalue weighted by molar-refractivity contribution is 0.0954. The normalized spacial score (nSPS) is 25.6. The molecule has 0 amide bonds. The lowest BCUT2D eigenvalue weighted by Gasteiger charge is -2.40. The highest BCUT2D eigenvalue weighted by atomic mass is 19.1. The van der Waals surface area contributed by atoms with Crippen molar-refractivity contribution in [1.29, 1.82) is 0 Å². The number of phenols is 1. The van der Waals surface area contributed by atoms with Crippen LogP contribution in [0.5, 0.6) is 17.6 Å². The number of terminal acetylenes is 1. The molecule has 5 aliphatic rings. The Bertz CT molecular complexity index is 2010. The molecule has 10 nitrogen and oxygen atoms in total. The average Bonchev–Trinajstić information content (AvgIpc) is 3.79. The molecule has 0 radical (unpaired) electrons. The lowest BCUT2D eigenvalue weighted by Crippen LogP contribution is -2.60. The first-order valence-corrected chi connectivity index (χ1v) is 17.6. The fourth-order valence-electron chi connectivity index (χ4n) is 8.69. The molecular formula is C38H42FN7O3. The van der Waals surface area contributed by atoms with Crippen LogP contribution in [0.4, 0.5) is 10.2 Å². The summed E-state index contributed by atoms with van der Waals surface area (Å²) in [6.45, 7) is 4.71. The molecule has 0 unspecified atom stereocenters. The predicted octanol–water partition coefficient (Wildman–Crippen LogP) is 4.56. The summed E-state index contributed by atoms with van der Waals surface area (Å²) in [4.78, 5) is 21.7. The summed E-state index contributed by atoms with van der Waals surface area (Å²) in [6, 6.07) is 9.87. The number of nitrogens with one attached hydrogen (secondary N) is 1. The van der Waals surface area contributed by atoms with Gasteiger partial charge in [-0.05, 0) is 82.8 Å². The van der Waals surface area contributed by atoms with Gasteiger partial charge in [-0.25, -0.2) is 9.37 Å².